The summed E-state index contributed by atoms with van der Waals surface area (Å²) in [6.07, 6.45) is 4.85. The van der Waals surface area contributed by atoms with Crippen molar-refractivity contribution >= 4 is 17.7 Å². The zero-order valence-corrected chi connectivity index (χ0v) is 18.3. The normalized spacial score (nSPS) is 12.0. The van der Waals surface area contributed by atoms with Crippen molar-refractivity contribution in [3.63, 3.8) is 0 Å². The summed E-state index contributed by atoms with van der Waals surface area (Å²) in [5, 5.41) is 16.3. The largest absolute Gasteiger partial charge is 0.382 e. The van der Waals surface area contributed by atoms with Gasteiger partial charge < -0.3 is 24.7 Å². The molecule has 0 bridgehead atoms. The van der Waals surface area contributed by atoms with Crippen LogP contribution in [0, 0.1) is 5.92 Å². The molecule has 1 rings (SSSR count). The van der Waals surface area contributed by atoms with Crippen molar-refractivity contribution in [2.24, 2.45) is 10.9 Å². The lowest BCUT2D eigenvalue weighted by Gasteiger charge is -2.13. The molecule has 0 atom stereocenters. The molecule has 9 heteroatoms. The molecule has 0 aliphatic heterocycles. The molecule has 0 aromatic carbocycles. The van der Waals surface area contributed by atoms with Gasteiger partial charge in [0.25, 0.3) is 0 Å². The Balaban J connectivity index is 2.25. The molecule has 1 heterocycles. The van der Waals surface area contributed by atoms with E-state index in [2.05, 4.69) is 44.2 Å². The maximum atomic E-state index is 5.44. The molecular weight excluding hydrogens is 364 g/mol. The zero-order valence-electron chi connectivity index (χ0n) is 17.5. The van der Waals surface area contributed by atoms with Gasteiger partial charge in [-0.3, -0.25) is 4.99 Å². The fraction of sp³-hybridized carbons (Fsp3) is 0.833. The molecular formula is C18H36N6O2S. The molecule has 0 radical (unpaired) electrons. The first-order chi connectivity index (χ1) is 13.1. The first-order valence-corrected chi connectivity index (χ1v) is 10.8. The Morgan fingerprint density at radius 1 is 1.15 bits per heavy atom. The van der Waals surface area contributed by atoms with E-state index in [1.807, 2.05) is 6.26 Å². The topological polar surface area (TPSA) is 85.6 Å². The highest BCUT2D eigenvalue weighted by molar-refractivity contribution is 7.98. The van der Waals surface area contributed by atoms with Crippen LogP contribution in [0.5, 0.6) is 0 Å². The minimum absolute atomic E-state index is 0.574. The minimum Gasteiger partial charge on any atom is -0.382 e. The van der Waals surface area contributed by atoms with E-state index in [9.17, 15) is 0 Å². The number of ether oxygens (including phenoxy) is 2. The minimum atomic E-state index is 0.574. The molecule has 0 unspecified atom stereocenters. The van der Waals surface area contributed by atoms with Crippen molar-refractivity contribution in [3.8, 4) is 0 Å². The van der Waals surface area contributed by atoms with Gasteiger partial charge >= 0.3 is 0 Å². The molecule has 1 aromatic rings. The number of guanidine groups is 1. The summed E-state index contributed by atoms with van der Waals surface area (Å²) in [5.74, 6) is 2.46. The van der Waals surface area contributed by atoms with Gasteiger partial charge in [0, 0.05) is 46.8 Å². The van der Waals surface area contributed by atoms with Gasteiger partial charge in [0.2, 0.25) is 0 Å². The smallest absolute Gasteiger partial charge is 0.190 e. The van der Waals surface area contributed by atoms with Gasteiger partial charge in [0.15, 0.2) is 11.1 Å². The lowest BCUT2D eigenvalue weighted by atomic mass is 10.2. The maximum Gasteiger partial charge on any atom is 0.190 e. The SMILES string of the molecule is CN=C(NCCCOCCOC)NCCCc1nnc(SC)n1CC(C)C. The number of nitrogens with zero attached hydrogens (tertiary/aromatic N) is 4. The Bertz CT molecular complexity index is 536. The van der Waals surface area contributed by atoms with E-state index < -0.39 is 0 Å². The van der Waals surface area contributed by atoms with Crippen LogP contribution in [-0.2, 0) is 22.4 Å². The average Bonchev–Trinajstić information content (AvgIpc) is 3.03. The Morgan fingerprint density at radius 2 is 1.89 bits per heavy atom. The fourth-order valence-electron chi connectivity index (χ4n) is 2.50. The molecule has 27 heavy (non-hydrogen) atoms. The van der Waals surface area contributed by atoms with Crippen molar-refractivity contribution in [2.45, 2.75) is 44.8 Å². The Morgan fingerprint density at radius 3 is 2.52 bits per heavy atom. The maximum absolute atomic E-state index is 5.44. The predicted octanol–water partition coefficient (Wildman–Crippen LogP) is 1.81. The molecule has 8 nitrogen and oxygen atoms in total. The summed E-state index contributed by atoms with van der Waals surface area (Å²) in [6.45, 7) is 9.06. The zero-order chi connectivity index (χ0) is 19.9. The second-order valence-electron chi connectivity index (χ2n) is 6.60. The van der Waals surface area contributed by atoms with Crippen LogP contribution in [0.2, 0.25) is 0 Å². The molecule has 0 saturated carbocycles. The highest BCUT2D eigenvalue weighted by atomic mass is 32.2. The van der Waals surface area contributed by atoms with Crippen molar-refractivity contribution in [1.82, 2.24) is 25.4 Å². The van der Waals surface area contributed by atoms with Crippen molar-refractivity contribution < 1.29 is 9.47 Å². The van der Waals surface area contributed by atoms with Crippen LogP contribution in [0.4, 0.5) is 0 Å². The summed E-state index contributed by atoms with van der Waals surface area (Å²) in [7, 11) is 3.46. The number of hydrogen-bond acceptors (Lipinski definition) is 6. The molecule has 0 amide bonds. The first kappa shape index (κ1) is 23.7. The molecule has 0 aliphatic carbocycles. The standard InChI is InChI=1S/C18H36N6O2S/c1-15(2)14-24-16(22-23-18(24)27-5)8-6-9-20-17(19-3)21-10-7-11-26-13-12-25-4/h15H,6-14H2,1-5H3,(H2,19,20,21). The van der Waals surface area contributed by atoms with Crippen molar-refractivity contribution in [1.29, 1.82) is 0 Å². The Labute approximate surface area is 167 Å². The second kappa shape index (κ2) is 14.7. The first-order valence-electron chi connectivity index (χ1n) is 9.59. The molecule has 0 spiro atoms. The van der Waals surface area contributed by atoms with Crippen LogP contribution < -0.4 is 10.6 Å². The third kappa shape index (κ3) is 9.97. The number of rotatable bonds is 14. The second-order valence-corrected chi connectivity index (χ2v) is 7.37. The lowest BCUT2D eigenvalue weighted by Crippen LogP contribution is -2.38. The van der Waals surface area contributed by atoms with E-state index in [4.69, 9.17) is 9.47 Å². The Kier molecular flexibility index (Phi) is 12.9. The van der Waals surface area contributed by atoms with Gasteiger partial charge in [-0.2, -0.15) is 0 Å². The molecule has 1 aromatic heterocycles. The predicted molar refractivity (Wildman–Crippen MR) is 112 cm³/mol. The number of aromatic nitrogens is 3. The van der Waals surface area contributed by atoms with E-state index in [0.717, 1.165) is 62.4 Å². The number of methoxy groups -OCH3 is 1. The highest BCUT2D eigenvalue weighted by Gasteiger charge is 2.12. The fourth-order valence-corrected chi connectivity index (χ4v) is 3.03. The highest BCUT2D eigenvalue weighted by Crippen LogP contribution is 2.16. The van der Waals surface area contributed by atoms with E-state index in [-0.39, 0.29) is 0 Å². The van der Waals surface area contributed by atoms with Crippen LogP contribution >= 0.6 is 11.8 Å². The van der Waals surface area contributed by atoms with E-state index >= 15 is 0 Å². The summed E-state index contributed by atoms with van der Waals surface area (Å²) in [6, 6.07) is 0. The summed E-state index contributed by atoms with van der Waals surface area (Å²) in [5.41, 5.74) is 0. The van der Waals surface area contributed by atoms with Crippen molar-refractivity contribution in [3.05, 3.63) is 5.82 Å². The lowest BCUT2D eigenvalue weighted by molar-refractivity contribution is 0.0698. The van der Waals surface area contributed by atoms with E-state index in [1.165, 1.54) is 0 Å². The van der Waals surface area contributed by atoms with Gasteiger partial charge in [-0.1, -0.05) is 25.6 Å². The number of aryl methyl sites for hydroxylation is 1. The number of aliphatic imine (C=N–C) groups is 1. The molecule has 156 valence electrons. The third-order valence-electron chi connectivity index (χ3n) is 3.81. The summed E-state index contributed by atoms with van der Waals surface area (Å²) >= 11 is 1.65. The van der Waals surface area contributed by atoms with Gasteiger partial charge in [0.05, 0.1) is 13.2 Å². The number of hydrogen-bond donors (Lipinski definition) is 2. The van der Waals surface area contributed by atoms with E-state index in [1.54, 1.807) is 25.9 Å². The van der Waals surface area contributed by atoms with Crippen LogP contribution in [-0.4, -0.2) is 74.0 Å². The van der Waals surface area contributed by atoms with E-state index in [0.29, 0.717) is 19.1 Å². The molecule has 0 fully saturated rings. The van der Waals surface area contributed by atoms with Crippen LogP contribution in [0.15, 0.2) is 10.1 Å². The summed E-state index contributed by atoms with van der Waals surface area (Å²) < 4.78 is 12.6. The monoisotopic (exact) mass is 400 g/mol. The quantitative estimate of drug-likeness (QED) is 0.213. The van der Waals surface area contributed by atoms with Gasteiger partial charge in [-0.25, -0.2) is 0 Å². The average molecular weight is 401 g/mol. The van der Waals surface area contributed by atoms with Gasteiger partial charge in [-0.05, 0) is 25.0 Å². The van der Waals surface area contributed by atoms with Crippen LogP contribution in [0.3, 0.4) is 0 Å². The van der Waals surface area contributed by atoms with Crippen LogP contribution in [0.25, 0.3) is 0 Å². The number of nitrogens with one attached hydrogen (secondary N) is 2. The molecule has 0 aliphatic rings. The van der Waals surface area contributed by atoms with Crippen molar-refractivity contribution in [2.75, 3.05) is 53.3 Å². The third-order valence-corrected chi connectivity index (χ3v) is 4.47. The van der Waals surface area contributed by atoms with Gasteiger partial charge in [-0.15, -0.1) is 10.2 Å². The molecule has 2 N–H and O–H groups in total. The number of thioether (sulfide) groups is 1. The molecule has 0 saturated heterocycles. The van der Waals surface area contributed by atoms with Crippen LogP contribution in [0.1, 0.15) is 32.5 Å². The Hall–Kier alpha value is -1.32. The summed E-state index contributed by atoms with van der Waals surface area (Å²) in [4.78, 5) is 4.25. The van der Waals surface area contributed by atoms with Gasteiger partial charge in [0.1, 0.15) is 5.82 Å².